The van der Waals surface area contributed by atoms with Crippen LogP contribution >= 0.6 is 21.9 Å². The second-order valence-electron chi connectivity index (χ2n) is 11.2. The van der Waals surface area contributed by atoms with Crippen molar-refractivity contribution < 1.29 is 0 Å². The summed E-state index contributed by atoms with van der Waals surface area (Å²) in [6.07, 6.45) is 32.2. The molecule has 4 aliphatic carbocycles. The highest BCUT2D eigenvalue weighted by Crippen LogP contribution is 3.14. The van der Waals surface area contributed by atoms with Crippen LogP contribution in [0.4, 0.5) is 0 Å². The zero-order valence-corrected chi connectivity index (χ0v) is 21.2. The van der Waals surface area contributed by atoms with Crippen molar-refractivity contribution in [1.82, 2.24) is 0 Å². The zero-order chi connectivity index (χ0) is 18.9. The van der Waals surface area contributed by atoms with E-state index in [1.165, 1.54) is 22.6 Å². The Bertz CT molecular complexity index is 404. The van der Waals surface area contributed by atoms with Crippen LogP contribution < -0.4 is 0 Å². The van der Waals surface area contributed by atoms with Gasteiger partial charge in [0.15, 0.2) is 0 Å². The van der Waals surface area contributed by atoms with E-state index in [-0.39, 0.29) is 0 Å². The summed E-state index contributed by atoms with van der Waals surface area (Å²) in [6, 6.07) is 0. The third-order valence-corrected chi connectivity index (χ3v) is 35.2. The van der Waals surface area contributed by atoms with E-state index >= 15 is 0 Å². The van der Waals surface area contributed by atoms with Crippen molar-refractivity contribution in [3.8, 4) is 0 Å². The molecule has 0 N–H and O–H groups in total. The molecule has 1 heterocycles. The van der Waals surface area contributed by atoms with Gasteiger partial charge in [0.05, 0.1) is 0 Å². The summed E-state index contributed by atoms with van der Waals surface area (Å²) in [4.78, 5) is 0. The molecule has 3 heteroatoms. The third kappa shape index (κ3) is 3.93. The Labute approximate surface area is 178 Å². The Balaban J connectivity index is 1.42. The Morgan fingerprint density at radius 1 is 0.357 bits per heavy atom. The van der Waals surface area contributed by atoms with E-state index in [0.717, 1.165) is 0 Å². The molecule has 0 aromatic carbocycles. The van der Waals surface area contributed by atoms with Crippen LogP contribution in [0.5, 0.6) is 0 Å². The van der Waals surface area contributed by atoms with Gasteiger partial charge in [0, 0.05) is 22.6 Å². The summed E-state index contributed by atoms with van der Waals surface area (Å²) in [5.41, 5.74) is 4.97. The van der Waals surface area contributed by atoms with Crippen molar-refractivity contribution >= 4 is 21.9 Å². The van der Waals surface area contributed by atoms with Gasteiger partial charge in [-0.05, 0) is 117 Å². The Morgan fingerprint density at radius 3 is 0.786 bits per heavy atom. The number of rotatable bonds is 4. The van der Waals surface area contributed by atoms with Crippen LogP contribution in [0, 0.1) is 0 Å². The minimum atomic E-state index is -0.654. The molecule has 28 heavy (non-hydrogen) atoms. The number of hydrogen-bond acceptors (Lipinski definition) is 0. The molecule has 0 atom stereocenters. The van der Waals surface area contributed by atoms with Gasteiger partial charge >= 0.3 is 0 Å². The van der Waals surface area contributed by atoms with Crippen LogP contribution in [0.2, 0.25) is 0 Å². The van der Waals surface area contributed by atoms with E-state index in [9.17, 15) is 0 Å². The van der Waals surface area contributed by atoms with Gasteiger partial charge in [-0.25, -0.2) is 0 Å². The van der Waals surface area contributed by atoms with E-state index in [4.69, 9.17) is 0 Å². The Kier molecular flexibility index (Phi) is 7.12. The van der Waals surface area contributed by atoms with Crippen LogP contribution in [-0.4, -0.2) is 28.5 Å². The first-order valence-electron chi connectivity index (χ1n) is 13.3. The summed E-state index contributed by atoms with van der Waals surface area (Å²) in [5, 5.41) is 0. The van der Waals surface area contributed by atoms with E-state index in [2.05, 4.69) is 7.96 Å². The van der Waals surface area contributed by atoms with Gasteiger partial charge in [0.25, 0.3) is 0 Å². The first kappa shape index (κ1) is 21.2. The molecule has 0 nitrogen and oxygen atoms in total. The summed E-state index contributed by atoms with van der Waals surface area (Å²) < 4.78 is 0. The standard InChI is InChI=1S/C25H46P3/c1-5-13-22(14-6-1)27(23-15-7-2-8-16-23)21-28(26-27,24-17-9-3-10-18-24)25-19-11-4-12-20-25/h22-25H,1-21H2/q+1. The van der Waals surface area contributed by atoms with E-state index in [0.29, 0.717) is 0 Å². The highest BCUT2D eigenvalue weighted by atomic mass is 32.5. The molecule has 0 aromatic heterocycles. The molecular formula is C25H46P3+. The lowest BCUT2D eigenvalue weighted by Gasteiger charge is -2.67. The Morgan fingerprint density at radius 2 is 0.571 bits per heavy atom. The second-order valence-corrected chi connectivity index (χ2v) is 25.6. The fraction of sp³-hybridized carbons (Fsp3) is 1.00. The number of hydrogen-bond donors (Lipinski definition) is 0. The van der Waals surface area contributed by atoms with Crippen molar-refractivity contribution in [1.29, 1.82) is 0 Å². The van der Waals surface area contributed by atoms with Crippen LogP contribution in [0.3, 0.4) is 0 Å². The van der Waals surface area contributed by atoms with Gasteiger partial charge in [-0.1, -0.05) is 25.7 Å². The molecule has 0 aromatic rings. The van der Waals surface area contributed by atoms with Crippen LogP contribution in [0.1, 0.15) is 128 Å². The second kappa shape index (κ2) is 9.42. The lowest BCUT2D eigenvalue weighted by Crippen LogP contribution is -2.39. The minimum absolute atomic E-state index is 0.654. The molecule has 0 bridgehead atoms. The molecule has 0 amide bonds. The molecule has 5 fully saturated rings. The molecule has 1 aliphatic heterocycles. The maximum atomic E-state index is 2.25. The minimum Gasteiger partial charge on any atom is -0.110 e. The molecule has 0 unspecified atom stereocenters. The van der Waals surface area contributed by atoms with Crippen LogP contribution in [-0.2, 0) is 0 Å². The predicted octanol–water partition coefficient (Wildman–Crippen LogP) is 10.1. The van der Waals surface area contributed by atoms with Crippen molar-refractivity contribution in [2.75, 3.05) is 5.90 Å². The molecule has 1 saturated heterocycles. The molecule has 5 aliphatic rings. The van der Waals surface area contributed by atoms with Crippen molar-refractivity contribution in [3.63, 3.8) is 0 Å². The summed E-state index contributed by atoms with van der Waals surface area (Å²) in [6.45, 7) is -1.31. The molecular weight excluding hydrogens is 393 g/mol. The molecule has 0 radical (unpaired) electrons. The first-order chi connectivity index (χ1) is 13.8. The lowest BCUT2D eigenvalue weighted by atomic mass is 9.99. The van der Waals surface area contributed by atoms with Gasteiger partial charge < -0.3 is 0 Å². The maximum Gasteiger partial charge on any atom is 0.114 e. The molecule has 4 saturated carbocycles. The van der Waals surface area contributed by atoms with Gasteiger partial charge in [-0.15, -0.1) is 7.96 Å². The zero-order valence-electron chi connectivity index (χ0n) is 18.5. The van der Waals surface area contributed by atoms with E-state index in [1.807, 2.05) is 5.90 Å². The van der Waals surface area contributed by atoms with E-state index < -0.39 is 13.9 Å². The molecule has 5 rings (SSSR count). The van der Waals surface area contributed by atoms with Crippen LogP contribution in [0.25, 0.3) is 0 Å². The van der Waals surface area contributed by atoms with Crippen LogP contribution in [0.15, 0.2) is 0 Å². The Hall–Kier alpha value is 1.29. The summed E-state index contributed by atoms with van der Waals surface area (Å²) in [5.74, 6) is 1.91. The largest absolute Gasteiger partial charge is 0.114 e. The quantitative estimate of drug-likeness (QED) is 0.382. The third-order valence-electron chi connectivity index (χ3n) is 9.61. The highest BCUT2D eigenvalue weighted by molar-refractivity contribution is 8.72. The van der Waals surface area contributed by atoms with Gasteiger partial charge in [-0.3, -0.25) is 0 Å². The topological polar surface area (TPSA) is 0 Å². The van der Waals surface area contributed by atoms with Crippen molar-refractivity contribution in [3.05, 3.63) is 0 Å². The monoisotopic (exact) mass is 439 g/mol. The fourth-order valence-electron chi connectivity index (χ4n) is 8.13. The smallest absolute Gasteiger partial charge is 0.110 e. The van der Waals surface area contributed by atoms with Gasteiger partial charge in [0.2, 0.25) is 0 Å². The SMILES string of the molecule is C1CCC([P+]2(C3CCCCC3)C[P+](C3CCCCC3)(C3CCCCC3)[P-]2)CC1. The average Bonchev–Trinajstić information content (AvgIpc) is 2.76. The normalized spacial score (nSPS) is 33.4. The molecule has 160 valence electrons. The average molecular weight is 440 g/mol. The molecule has 0 spiro atoms. The van der Waals surface area contributed by atoms with Crippen molar-refractivity contribution in [2.45, 2.75) is 151 Å². The fourth-order valence-corrected chi connectivity index (χ4v) is 42.3. The lowest BCUT2D eigenvalue weighted by molar-refractivity contribution is 0.477. The predicted molar refractivity (Wildman–Crippen MR) is 133 cm³/mol. The first-order valence-corrected chi connectivity index (χ1v) is 19.9. The highest BCUT2D eigenvalue weighted by Gasteiger charge is 2.67. The summed E-state index contributed by atoms with van der Waals surface area (Å²) >= 11 is 0. The maximum absolute atomic E-state index is 2.25. The van der Waals surface area contributed by atoms with Gasteiger partial charge in [-0.2, -0.15) is 0 Å². The summed E-state index contributed by atoms with van der Waals surface area (Å²) in [7, 11) is 2.25. The van der Waals surface area contributed by atoms with Crippen molar-refractivity contribution in [2.24, 2.45) is 0 Å². The van der Waals surface area contributed by atoms with E-state index in [1.54, 1.807) is 128 Å². The van der Waals surface area contributed by atoms with Gasteiger partial charge in [0.1, 0.15) is 5.90 Å².